The van der Waals surface area contributed by atoms with Gasteiger partial charge >= 0.3 is 5.97 Å². The van der Waals surface area contributed by atoms with Crippen LogP contribution in [-0.2, 0) is 11.3 Å². The topological polar surface area (TPSA) is 121 Å². The van der Waals surface area contributed by atoms with E-state index < -0.39 is 11.9 Å². The molecule has 130 valence electrons. The molecule has 2 N–H and O–H groups in total. The molecule has 0 aliphatic heterocycles. The number of carboxylic acids is 1. The summed E-state index contributed by atoms with van der Waals surface area (Å²) in [5.74, 6) is -1.20. The van der Waals surface area contributed by atoms with Crippen LogP contribution in [0.25, 0.3) is 10.9 Å². The Bertz CT molecular complexity index is 1040. The molecule has 0 saturated heterocycles. The van der Waals surface area contributed by atoms with E-state index in [9.17, 15) is 9.59 Å². The molecule has 0 fully saturated rings. The number of aromatic carboxylic acids is 1. The van der Waals surface area contributed by atoms with E-state index in [1.54, 1.807) is 12.1 Å². The highest BCUT2D eigenvalue weighted by molar-refractivity contribution is 5.99. The largest absolute Gasteiger partial charge is 0.475 e. The van der Waals surface area contributed by atoms with Crippen LogP contribution in [0.1, 0.15) is 28.3 Å². The lowest BCUT2D eigenvalue weighted by Crippen LogP contribution is -2.16. The van der Waals surface area contributed by atoms with Gasteiger partial charge in [-0.15, -0.1) is 0 Å². The molecular formula is C18H14N4O4. The summed E-state index contributed by atoms with van der Waals surface area (Å²) >= 11 is 0. The minimum Gasteiger partial charge on any atom is -0.475 e. The summed E-state index contributed by atoms with van der Waals surface area (Å²) in [4.78, 5) is 22.2. The lowest BCUT2D eigenvalue weighted by Gasteiger charge is -2.02. The van der Waals surface area contributed by atoms with Crippen molar-refractivity contribution in [2.24, 2.45) is 5.10 Å². The summed E-state index contributed by atoms with van der Waals surface area (Å²) < 4.78 is 7.21. The highest BCUT2D eigenvalue weighted by Gasteiger charge is 2.12. The Labute approximate surface area is 147 Å². The Balaban J connectivity index is 1.87. The number of para-hydroxylation sites is 1. The van der Waals surface area contributed by atoms with Gasteiger partial charge in [0.05, 0.1) is 18.8 Å². The fourth-order valence-electron chi connectivity index (χ4n) is 2.54. The number of carbonyl (C=O) groups excluding carboxylic acids is 1. The number of hydrogen-bond donors (Lipinski definition) is 2. The van der Waals surface area contributed by atoms with Gasteiger partial charge in [-0.1, -0.05) is 18.2 Å². The van der Waals surface area contributed by atoms with E-state index in [-0.39, 0.29) is 12.2 Å². The second-order valence-corrected chi connectivity index (χ2v) is 5.43. The van der Waals surface area contributed by atoms with Gasteiger partial charge in [-0.2, -0.15) is 10.4 Å². The standard InChI is InChI=1S/C18H14N4O4/c19-8-7-17(23)21-20-9-12-10-22(15-4-2-1-3-14(12)15)11-13-5-6-16(26-13)18(24)25/h1-6,9-10H,7,11H2,(H,21,23)(H,24,25)/b20-9+. The van der Waals surface area contributed by atoms with Crippen LogP contribution in [0.5, 0.6) is 0 Å². The summed E-state index contributed by atoms with van der Waals surface area (Å²) in [6.07, 6.45) is 3.07. The molecule has 2 aromatic heterocycles. The number of hydrazone groups is 1. The molecule has 0 aliphatic rings. The number of hydrogen-bond acceptors (Lipinski definition) is 5. The zero-order valence-corrected chi connectivity index (χ0v) is 13.5. The molecular weight excluding hydrogens is 336 g/mol. The maximum absolute atomic E-state index is 11.3. The average Bonchev–Trinajstić information content (AvgIpc) is 3.22. The SMILES string of the molecule is N#CCC(=O)N/N=C/c1cn(Cc2ccc(C(=O)O)o2)c2ccccc12. The molecule has 0 bridgehead atoms. The first kappa shape index (κ1) is 17.0. The van der Waals surface area contributed by atoms with Gasteiger partial charge in [-0.25, -0.2) is 10.2 Å². The van der Waals surface area contributed by atoms with Crippen LogP contribution >= 0.6 is 0 Å². The molecule has 0 unspecified atom stereocenters. The van der Waals surface area contributed by atoms with Crippen LogP contribution in [0.4, 0.5) is 0 Å². The number of fused-ring (bicyclic) bond motifs is 1. The van der Waals surface area contributed by atoms with E-state index in [0.29, 0.717) is 12.3 Å². The molecule has 1 aromatic carbocycles. The number of amides is 1. The van der Waals surface area contributed by atoms with Crippen molar-refractivity contribution in [3.63, 3.8) is 0 Å². The van der Waals surface area contributed by atoms with Crippen molar-refractivity contribution < 1.29 is 19.1 Å². The summed E-state index contributed by atoms with van der Waals surface area (Å²) in [6, 6.07) is 12.4. The Morgan fingerprint density at radius 2 is 2.12 bits per heavy atom. The molecule has 3 aromatic rings. The third-order valence-corrected chi connectivity index (χ3v) is 3.65. The molecule has 26 heavy (non-hydrogen) atoms. The Kier molecular flexibility index (Phi) is 4.80. The summed E-state index contributed by atoms with van der Waals surface area (Å²) in [6.45, 7) is 0.350. The Morgan fingerprint density at radius 1 is 1.31 bits per heavy atom. The monoisotopic (exact) mass is 350 g/mol. The fourth-order valence-corrected chi connectivity index (χ4v) is 2.54. The normalized spacial score (nSPS) is 10.9. The van der Waals surface area contributed by atoms with Crippen LogP contribution in [0.2, 0.25) is 0 Å². The van der Waals surface area contributed by atoms with Gasteiger partial charge in [0, 0.05) is 22.7 Å². The third-order valence-electron chi connectivity index (χ3n) is 3.65. The first-order valence-corrected chi connectivity index (χ1v) is 7.67. The number of benzene rings is 1. The zero-order chi connectivity index (χ0) is 18.5. The van der Waals surface area contributed by atoms with Gasteiger partial charge in [-0.3, -0.25) is 4.79 Å². The second kappa shape index (κ2) is 7.36. The Morgan fingerprint density at radius 3 is 2.85 bits per heavy atom. The lowest BCUT2D eigenvalue weighted by atomic mass is 10.2. The van der Waals surface area contributed by atoms with E-state index in [1.807, 2.05) is 35.0 Å². The molecule has 0 saturated carbocycles. The van der Waals surface area contributed by atoms with Gasteiger partial charge in [0.2, 0.25) is 5.76 Å². The number of furan rings is 1. The predicted octanol–water partition coefficient (Wildman–Crippen LogP) is 2.34. The molecule has 8 nitrogen and oxygen atoms in total. The van der Waals surface area contributed by atoms with Crippen LogP contribution in [-0.4, -0.2) is 27.8 Å². The third kappa shape index (κ3) is 3.62. The molecule has 3 rings (SSSR count). The van der Waals surface area contributed by atoms with Crippen molar-refractivity contribution in [3.05, 3.63) is 59.7 Å². The van der Waals surface area contributed by atoms with Crippen LogP contribution < -0.4 is 5.43 Å². The van der Waals surface area contributed by atoms with Crippen molar-refractivity contribution in [2.75, 3.05) is 0 Å². The van der Waals surface area contributed by atoms with Gasteiger partial charge < -0.3 is 14.1 Å². The first-order chi connectivity index (χ1) is 12.6. The lowest BCUT2D eigenvalue weighted by molar-refractivity contribution is -0.120. The summed E-state index contributed by atoms with van der Waals surface area (Å²) in [7, 11) is 0. The summed E-state index contributed by atoms with van der Waals surface area (Å²) in [5.41, 5.74) is 3.96. The zero-order valence-electron chi connectivity index (χ0n) is 13.5. The number of carbonyl (C=O) groups is 2. The molecule has 0 radical (unpaired) electrons. The minimum absolute atomic E-state index is 0.113. The van der Waals surface area contributed by atoms with E-state index >= 15 is 0 Å². The van der Waals surface area contributed by atoms with E-state index in [0.717, 1.165) is 16.5 Å². The number of aromatic nitrogens is 1. The van der Waals surface area contributed by atoms with Gasteiger partial charge in [0.1, 0.15) is 12.2 Å². The number of rotatable bonds is 6. The molecule has 0 atom stereocenters. The van der Waals surface area contributed by atoms with E-state index in [2.05, 4.69) is 10.5 Å². The number of carboxylic acid groups (broad SMARTS) is 1. The predicted molar refractivity (Wildman–Crippen MR) is 92.7 cm³/mol. The van der Waals surface area contributed by atoms with Crippen LogP contribution in [0.3, 0.4) is 0 Å². The quantitative estimate of drug-likeness (QED) is 0.522. The van der Waals surface area contributed by atoms with Crippen molar-refractivity contribution in [2.45, 2.75) is 13.0 Å². The van der Waals surface area contributed by atoms with E-state index in [1.165, 1.54) is 12.3 Å². The van der Waals surface area contributed by atoms with E-state index in [4.69, 9.17) is 14.8 Å². The van der Waals surface area contributed by atoms with Crippen molar-refractivity contribution in [1.82, 2.24) is 9.99 Å². The van der Waals surface area contributed by atoms with Crippen molar-refractivity contribution in [3.8, 4) is 6.07 Å². The molecule has 0 aliphatic carbocycles. The maximum Gasteiger partial charge on any atom is 0.371 e. The molecule has 1 amide bonds. The second-order valence-electron chi connectivity index (χ2n) is 5.43. The van der Waals surface area contributed by atoms with Gasteiger partial charge in [0.25, 0.3) is 5.91 Å². The summed E-state index contributed by atoms with van der Waals surface area (Å²) in [5, 5.41) is 22.2. The van der Waals surface area contributed by atoms with Crippen molar-refractivity contribution >= 4 is 29.0 Å². The van der Waals surface area contributed by atoms with Crippen LogP contribution in [0, 0.1) is 11.3 Å². The van der Waals surface area contributed by atoms with Crippen LogP contribution in [0.15, 0.2) is 52.1 Å². The fraction of sp³-hybridized carbons (Fsp3) is 0.111. The number of nitrogens with zero attached hydrogens (tertiary/aromatic N) is 3. The van der Waals surface area contributed by atoms with Crippen molar-refractivity contribution in [1.29, 1.82) is 5.26 Å². The highest BCUT2D eigenvalue weighted by atomic mass is 16.4. The minimum atomic E-state index is -1.12. The molecule has 2 heterocycles. The first-order valence-electron chi connectivity index (χ1n) is 7.67. The molecule has 0 spiro atoms. The Hall–Kier alpha value is -3.86. The number of nitrogens with one attached hydrogen (secondary N) is 1. The van der Waals surface area contributed by atoms with Gasteiger partial charge in [-0.05, 0) is 18.2 Å². The molecule has 8 heteroatoms. The highest BCUT2D eigenvalue weighted by Crippen LogP contribution is 2.22. The smallest absolute Gasteiger partial charge is 0.371 e. The average molecular weight is 350 g/mol. The van der Waals surface area contributed by atoms with Gasteiger partial charge in [0.15, 0.2) is 0 Å². The maximum atomic E-state index is 11.3. The number of nitriles is 1.